The van der Waals surface area contributed by atoms with Crippen LogP contribution in [0.5, 0.6) is 5.75 Å². The number of aromatic nitrogens is 3. The zero-order valence-electron chi connectivity index (χ0n) is 24.8. The van der Waals surface area contributed by atoms with Crippen molar-refractivity contribution in [1.29, 1.82) is 0 Å². The number of hydrogen-bond acceptors (Lipinski definition) is 6. The van der Waals surface area contributed by atoms with Crippen LogP contribution >= 0.6 is 11.8 Å². The molecule has 2 heterocycles. The van der Waals surface area contributed by atoms with Crippen molar-refractivity contribution >= 4 is 34.6 Å². The molecule has 3 aromatic carbocycles. The van der Waals surface area contributed by atoms with Crippen LogP contribution in [-0.4, -0.2) is 50.5 Å². The molecule has 13 heteroatoms. The number of carbonyl (C=O) groups excluding carboxylic acids is 2. The lowest BCUT2D eigenvalue weighted by molar-refractivity contribution is -0.274. The Morgan fingerprint density at radius 1 is 1.09 bits per heavy atom. The fraction of sp³-hybridized carbons (Fsp3) is 0.281. The Kier molecular flexibility index (Phi) is 9.57. The number of amidine groups is 1. The predicted octanol–water partition coefficient (Wildman–Crippen LogP) is 7.04. The number of urea groups is 1. The van der Waals surface area contributed by atoms with Crippen LogP contribution in [0.4, 0.5) is 23.7 Å². The van der Waals surface area contributed by atoms with Gasteiger partial charge in [-0.15, -0.1) is 18.3 Å². The van der Waals surface area contributed by atoms with Gasteiger partial charge in [0, 0.05) is 12.1 Å². The zero-order chi connectivity index (χ0) is 32.1. The molecular formula is C32H31F3N6O3S. The largest absolute Gasteiger partial charge is 0.573 e. The number of amides is 3. The molecule has 1 fully saturated rings. The van der Waals surface area contributed by atoms with E-state index in [0.29, 0.717) is 36.1 Å². The Bertz CT molecular complexity index is 1700. The van der Waals surface area contributed by atoms with Gasteiger partial charge in [0.25, 0.3) is 0 Å². The third kappa shape index (κ3) is 7.90. The quantitative estimate of drug-likeness (QED) is 0.198. The van der Waals surface area contributed by atoms with E-state index in [9.17, 15) is 22.8 Å². The summed E-state index contributed by atoms with van der Waals surface area (Å²) in [5.41, 5.74) is 5.29. The van der Waals surface area contributed by atoms with Crippen molar-refractivity contribution in [3.8, 4) is 22.8 Å². The molecule has 1 saturated heterocycles. The Labute approximate surface area is 262 Å². The average Bonchev–Trinajstić information content (AvgIpc) is 3.62. The number of carbonyl (C=O) groups is 2. The molecule has 0 bridgehead atoms. The van der Waals surface area contributed by atoms with Crippen LogP contribution in [0.15, 0.2) is 78.0 Å². The molecule has 4 aromatic rings. The Morgan fingerprint density at radius 3 is 2.51 bits per heavy atom. The van der Waals surface area contributed by atoms with Gasteiger partial charge in [-0.3, -0.25) is 9.69 Å². The van der Waals surface area contributed by atoms with E-state index in [0.717, 1.165) is 27.9 Å². The second-order valence-corrected chi connectivity index (χ2v) is 11.6. The van der Waals surface area contributed by atoms with Crippen molar-refractivity contribution in [2.24, 2.45) is 4.99 Å². The maximum absolute atomic E-state index is 12.7. The van der Waals surface area contributed by atoms with Crippen molar-refractivity contribution in [2.45, 2.75) is 45.9 Å². The third-order valence-electron chi connectivity index (χ3n) is 7.04. The van der Waals surface area contributed by atoms with Crippen LogP contribution < -0.4 is 15.0 Å². The van der Waals surface area contributed by atoms with Crippen molar-refractivity contribution < 1.29 is 27.5 Å². The number of hydrogen-bond donors (Lipinski definition) is 1. The molecule has 1 aliphatic heterocycles. The molecular weight excluding hydrogens is 605 g/mol. The van der Waals surface area contributed by atoms with Crippen LogP contribution in [-0.2, 0) is 11.2 Å². The molecule has 9 nitrogen and oxygen atoms in total. The Hall–Kier alpha value is -4.65. The molecule has 1 aromatic heterocycles. The molecule has 0 atom stereocenters. The molecule has 5 rings (SSSR count). The highest BCUT2D eigenvalue weighted by Gasteiger charge is 2.33. The van der Waals surface area contributed by atoms with Gasteiger partial charge in [-0.25, -0.2) is 14.5 Å². The highest BCUT2D eigenvalue weighted by Crippen LogP contribution is 2.35. The number of anilines is 1. The van der Waals surface area contributed by atoms with Crippen molar-refractivity contribution in [2.75, 3.05) is 17.2 Å². The van der Waals surface area contributed by atoms with Crippen molar-refractivity contribution in [3.05, 3.63) is 89.7 Å². The lowest BCUT2D eigenvalue weighted by Gasteiger charge is -2.23. The topological polar surface area (TPSA) is 102 Å². The molecule has 1 N–H and O–H groups in total. The van der Waals surface area contributed by atoms with E-state index in [-0.39, 0.29) is 23.3 Å². The fourth-order valence-electron chi connectivity index (χ4n) is 5.05. The summed E-state index contributed by atoms with van der Waals surface area (Å²) >= 11 is 1.26. The lowest BCUT2D eigenvalue weighted by Crippen LogP contribution is -2.32. The van der Waals surface area contributed by atoms with Crippen LogP contribution in [0, 0.1) is 6.92 Å². The summed E-state index contributed by atoms with van der Waals surface area (Å²) in [4.78, 5) is 35.5. The summed E-state index contributed by atoms with van der Waals surface area (Å²) in [5, 5.41) is 7.62. The van der Waals surface area contributed by atoms with Gasteiger partial charge in [0.15, 0.2) is 11.0 Å². The molecule has 0 unspecified atom stereocenters. The summed E-state index contributed by atoms with van der Waals surface area (Å²) in [6, 6.07) is 18.4. The number of rotatable bonds is 9. The van der Waals surface area contributed by atoms with Crippen molar-refractivity contribution in [3.63, 3.8) is 0 Å². The summed E-state index contributed by atoms with van der Waals surface area (Å²) < 4.78 is 42.6. The zero-order valence-corrected chi connectivity index (χ0v) is 25.7. The molecule has 0 radical (unpaired) electrons. The van der Waals surface area contributed by atoms with Crippen LogP contribution in [0.1, 0.15) is 42.9 Å². The minimum atomic E-state index is -4.75. The van der Waals surface area contributed by atoms with Gasteiger partial charge in [-0.05, 0) is 72.7 Å². The summed E-state index contributed by atoms with van der Waals surface area (Å²) in [6.07, 6.45) is -1.87. The van der Waals surface area contributed by atoms with E-state index in [1.165, 1.54) is 47.0 Å². The first-order chi connectivity index (χ1) is 21.5. The molecule has 45 heavy (non-hydrogen) atoms. The number of halogens is 3. The van der Waals surface area contributed by atoms with Gasteiger partial charge >= 0.3 is 12.4 Å². The van der Waals surface area contributed by atoms with Gasteiger partial charge in [-0.2, -0.15) is 4.99 Å². The van der Waals surface area contributed by atoms with Gasteiger partial charge in [0.2, 0.25) is 5.91 Å². The molecule has 1 aliphatic rings. The van der Waals surface area contributed by atoms with Crippen molar-refractivity contribution in [1.82, 2.24) is 20.1 Å². The van der Waals surface area contributed by atoms with Gasteiger partial charge in [0.1, 0.15) is 12.1 Å². The van der Waals surface area contributed by atoms with E-state index in [1.54, 1.807) is 4.90 Å². The minimum Gasteiger partial charge on any atom is -0.406 e. The van der Waals surface area contributed by atoms with Gasteiger partial charge in [0.05, 0.1) is 17.1 Å². The van der Waals surface area contributed by atoms with E-state index in [1.807, 2.05) is 49.4 Å². The lowest BCUT2D eigenvalue weighted by atomic mass is 9.95. The normalized spacial score (nSPS) is 14.4. The first-order valence-electron chi connectivity index (χ1n) is 14.3. The second kappa shape index (κ2) is 13.6. The van der Waals surface area contributed by atoms with Crippen LogP contribution in [0.25, 0.3) is 17.1 Å². The molecule has 0 aliphatic carbocycles. The maximum atomic E-state index is 12.7. The smallest absolute Gasteiger partial charge is 0.406 e. The highest BCUT2D eigenvalue weighted by atomic mass is 32.2. The number of alkyl halides is 3. The monoisotopic (exact) mass is 636 g/mol. The number of benzene rings is 3. The average molecular weight is 637 g/mol. The van der Waals surface area contributed by atoms with Crippen LogP contribution in [0.2, 0.25) is 0 Å². The first-order valence-corrected chi connectivity index (χ1v) is 15.3. The SMILES string of the molecule is Cc1cccc(N2C(=O)CSC2=NC(=O)NCCCc2ccc(-c3ncn(-c4ccc(OC(F)(F)F)cc4)n3)cc2)c1C(C)C. The summed E-state index contributed by atoms with van der Waals surface area (Å²) in [6.45, 7) is 6.58. The summed E-state index contributed by atoms with van der Waals surface area (Å²) in [7, 11) is 0. The van der Waals surface area contributed by atoms with E-state index >= 15 is 0 Å². The Balaban J connectivity index is 1.13. The molecule has 3 amide bonds. The van der Waals surface area contributed by atoms with Crippen LogP contribution in [0.3, 0.4) is 0 Å². The van der Waals surface area contributed by atoms with Gasteiger partial charge in [-0.1, -0.05) is 62.0 Å². The molecule has 0 saturated carbocycles. The maximum Gasteiger partial charge on any atom is 0.573 e. The second-order valence-electron chi connectivity index (χ2n) is 10.7. The summed E-state index contributed by atoms with van der Waals surface area (Å²) in [5.74, 6) is 0.486. The number of ether oxygens (including phenoxy) is 1. The Morgan fingerprint density at radius 2 is 1.82 bits per heavy atom. The first kappa shape index (κ1) is 31.8. The van der Waals surface area contributed by atoms with E-state index in [2.05, 4.69) is 39.0 Å². The highest BCUT2D eigenvalue weighted by molar-refractivity contribution is 8.15. The molecule has 0 spiro atoms. The number of aryl methyl sites for hydroxylation is 2. The van der Waals surface area contributed by atoms with Gasteiger partial charge < -0.3 is 10.1 Å². The number of thioether (sulfide) groups is 1. The van der Waals surface area contributed by atoms with E-state index < -0.39 is 12.4 Å². The third-order valence-corrected chi connectivity index (χ3v) is 7.96. The molecule has 234 valence electrons. The number of nitrogens with zero attached hydrogens (tertiary/aromatic N) is 5. The minimum absolute atomic E-state index is 0.0990. The fourth-order valence-corrected chi connectivity index (χ4v) is 5.91. The number of aliphatic imine (C=N–C) groups is 1. The predicted molar refractivity (Wildman–Crippen MR) is 168 cm³/mol. The standard InChI is InChI=1S/C32H31F3N6O3S/c1-20(2)28-21(3)6-4-8-26(28)41-27(42)18-45-31(41)38-30(43)36-17-5-7-22-9-11-23(12-10-22)29-37-19-40(39-29)24-13-15-25(16-14-24)44-32(33,34)35/h4,6,8-16,19-20H,5,7,17-18H2,1-3H3,(H,36,43). The van der Waals surface area contributed by atoms with E-state index in [4.69, 9.17) is 0 Å². The number of nitrogens with one attached hydrogen (secondary N) is 1.